The van der Waals surface area contributed by atoms with Gasteiger partial charge in [0.25, 0.3) is 0 Å². The molecule has 3 heteroatoms. The van der Waals surface area contributed by atoms with E-state index in [2.05, 4.69) is 0 Å². The lowest BCUT2D eigenvalue weighted by Gasteiger charge is -2.28. The van der Waals surface area contributed by atoms with Crippen LogP contribution in [0.3, 0.4) is 0 Å². The van der Waals surface area contributed by atoms with Crippen LogP contribution in [0.15, 0.2) is 60.7 Å². The van der Waals surface area contributed by atoms with Crippen molar-refractivity contribution in [2.24, 2.45) is 5.73 Å². The maximum atomic E-state index is 12.5. The lowest BCUT2D eigenvalue weighted by molar-refractivity contribution is -0.133. The number of rotatable bonds is 5. The number of likely N-dealkylation sites (N-methyl/N-ethyl adjacent to an activating group) is 1. The fourth-order valence-corrected chi connectivity index (χ4v) is 2.36. The molecule has 0 radical (unpaired) electrons. The van der Waals surface area contributed by atoms with Gasteiger partial charge in [0.05, 0.1) is 12.1 Å². The average molecular weight is 282 g/mol. The molecular formula is C18H22N2O. The Morgan fingerprint density at radius 2 is 1.57 bits per heavy atom. The predicted octanol–water partition coefficient (Wildman–Crippen LogP) is 2.78. The van der Waals surface area contributed by atoms with E-state index in [1.165, 1.54) is 0 Å². The smallest absolute Gasteiger partial charge is 0.240 e. The molecule has 0 aromatic heterocycles. The minimum atomic E-state index is -0.511. The second-order valence-electron chi connectivity index (χ2n) is 5.33. The molecule has 1 amide bonds. The largest absolute Gasteiger partial charge is 0.338 e. The van der Waals surface area contributed by atoms with Crippen molar-refractivity contribution in [3.05, 3.63) is 71.8 Å². The number of nitrogens with two attached hydrogens (primary N) is 1. The first-order valence-electron chi connectivity index (χ1n) is 7.20. The molecule has 2 N–H and O–H groups in total. The van der Waals surface area contributed by atoms with E-state index >= 15 is 0 Å². The highest BCUT2D eigenvalue weighted by Crippen LogP contribution is 2.19. The van der Waals surface area contributed by atoms with Gasteiger partial charge in [-0.3, -0.25) is 4.79 Å². The van der Waals surface area contributed by atoms with Gasteiger partial charge in [-0.15, -0.1) is 0 Å². The maximum Gasteiger partial charge on any atom is 0.240 e. The van der Waals surface area contributed by atoms with E-state index in [1.54, 1.807) is 4.90 Å². The van der Waals surface area contributed by atoms with Crippen LogP contribution in [-0.4, -0.2) is 23.9 Å². The number of carbonyl (C=O) groups excluding carboxylic acids is 1. The number of carbonyl (C=O) groups is 1. The maximum absolute atomic E-state index is 12.5. The van der Waals surface area contributed by atoms with Crippen LogP contribution >= 0.6 is 0 Å². The van der Waals surface area contributed by atoms with Crippen molar-refractivity contribution >= 4 is 5.91 Å². The van der Waals surface area contributed by atoms with Crippen molar-refractivity contribution in [2.45, 2.75) is 25.4 Å². The first-order valence-corrected chi connectivity index (χ1v) is 7.20. The average Bonchev–Trinajstić information content (AvgIpc) is 2.54. The van der Waals surface area contributed by atoms with Crippen molar-refractivity contribution in [3.63, 3.8) is 0 Å². The van der Waals surface area contributed by atoms with Gasteiger partial charge >= 0.3 is 0 Å². The highest BCUT2D eigenvalue weighted by molar-refractivity contribution is 5.82. The molecule has 0 bridgehead atoms. The fraction of sp³-hybridized carbons (Fsp3) is 0.278. The molecule has 0 heterocycles. The molecule has 2 rings (SSSR count). The molecule has 0 aliphatic rings. The Morgan fingerprint density at radius 1 is 1.05 bits per heavy atom. The lowest BCUT2D eigenvalue weighted by atomic mass is 10.0. The molecule has 110 valence electrons. The van der Waals surface area contributed by atoms with E-state index in [0.29, 0.717) is 6.42 Å². The Balaban J connectivity index is 2.01. The van der Waals surface area contributed by atoms with Crippen LogP contribution in [0.25, 0.3) is 0 Å². The van der Waals surface area contributed by atoms with Crippen LogP contribution in [0.1, 0.15) is 24.1 Å². The van der Waals surface area contributed by atoms with Crippen LogP contribution in [0.2, 0.25) is 0 Å². The van der Waals surface area contributed by atoms with E-state index in [0.717, 1.165) is 11.1 Å². The summed E-state index contributed by atoms with van der Waals surface area (Å²) in [6.45, 7) is 2.02. The fourth-order valence-electron chi connectivity index (χ4n) is 2.36. The molecule has 3 nitrogen and oxygen atoms in total. The summed E-state index contributed by atoms with van der Waals surface area (Å²) in [7, 11) is 1.81. The van der Waals surface area contributed by atoms with Crippen molar-refractivity contribution < 1.29 is 4.79 Å². The van der Waals surface area contributed by atoms with Crippen molar-refractivity contribution in [1.82, 2.24) is 4.90 Å². The quantitative estimate of drug-likeness (QED) is 0.916. The number of hydrogen-bond donors (Lipinski definition) is 1. The van der Waals surface area contributed by atoms with E-state index in [4.69, 9.17) is 5.73 Å². The molecule has 0 saturated carbocycles. The minimum absolute atomic E-state index is 0.0144. The molecular weight excluding hydrogens is 260 g/mol. The zero-order valence-corrected chi connectivity index (χ0v) is 12.6. The van der Waals surface area contributed by atoms with Gasteiger partial charge in [0.15, 0.2) is 0 Å². The van der Waals surface area contributed by atoms with Crippen molar-refractivity contribution in [2.75, 3.05) is 7.05 Å². The van der Waals surface area contributed by atoms with Crippen LogP contribution in [-0.2, 0) is 11.2 Å². The van der Waals surface area contributed by atoms with E-state index in [-0.39, 0.29) is 11.9 Å². The highest BCUT2D eigenvalue weighted by Gasteiger charge is 2.22. The second-order valence-corrected chi connectivity index (χ2v) is 5.33. The monoisotopic (exact) mass is 282 g/mol. The normalized spacial score (nSPS) is 13.5. The SMILES string of the molecule is CC(c1ccccc1)N(C)C(=O)[C@H](N)Cc1ccccc1. The van der Waals surface area contributed by atoms with Gasteiger partial charge in [0, 0.05) is 7.05 Å². The molecule has 2 aromatic carbocycles. The number of hydrogen-bond acceptors (Lipinski definition) is 2. The molecule has 0 fully saturated rings. The number of amides is 1. The second kappa shape index (κ2) is 7.04. The van der Waals surface area contributed by atoms with Crippen molar-refractivity contribution in [1.29, 1.82) is 0 Å². The molecule has 0 aliphatic carbocycles. The summed E-state index contributed by atoms with van der Waals surface area (Å²) in [6.07, 6.45) is 0.561. The zero-order chi connectivity index (χ0) is 15.2. The van der Waals surface area contributed by atoms with Gasteiger partial charge in [-0.25, -0.2) is 0 Å². The van der Waals surface area contributed by atoms with Gasteiger partial charge in [0.1, 0.15) is 0 Å². The standard InChI is InChI=1S/C18H22N2O/c1-14(16-11-7-4-8-12-16)20(2)18(21)17(19)13-15-9-5-3-6-10-15/h3-12,14,17H,13,19H2,1-2H3/t14?,17-/m1/s1. The number of nitrogens with zero attached hydrogens (tertiary/aromatic N) is 1. The van der Waals surface area contributed by atoms with E-state index in [1.807, 2.05) is 74.6 Å². The molecule has 0 saturated heterocycles. The summed E-state index contributed by atoms with van der Waals surface area (Å²) in [6, 6.07) is 19.4. The molecule has 0 aliphatic heterocycles. The summed E-state index contributed by atoms with van der Waals surface area (Å²) < 4.78 is 0. The number of benzene rings is 2. The lowest BCUT2D eigenvalue weighted by Crippen LogP contribution is -2.44. The Bertz CT molecular complexity index is 568. The summed E-state index contributed by atoms with van der Waals surface area (Å²) in [5.74, 6) is -0.0322. The van der Waals surface area contributed by atoms with Crippen molar-refractivity contribution in [3.8, 4) is 0 Å². The van der Waals surface area contributed by atoms with Crippen LogP contribution in [0.5, 0.6) is 0 Å². The van der Waals surface area contributed by atoms with E-state index < -0.39 is 6.04 Å². The summed E-state index contributed by atoms with van der Waals surface area (Å²) in [5.41, 5.74) is 8.27. The molecule has 21 heavy (non-hydrogen) atoms. The Morgan fingerprint density at radius 3 is 2.14 bits per heavy atom. The van der Waals surface area contributed by atoms with Gasteiger partial charge in [0.2, 0.25) is 5.91 Å². The summed E-state index contributed by atoms with van der Waals surface area (Å²) in [5, 5.41) is 0. The van der Waals surface area contributed by atoms with Gasteiger partial charge < -0.3 is 10.6 Å². The van der Waals surface area contributed by atoms with Crippen LogP contribution < -0.4 is 5.73 Å². The molecule has 2 aromatic rings. The molecule has 1 unspecified atom stereocenters. The van der Waals surface area contributed by atoms with Gasteiger partial charge in [-0.1, -0.05) is 60.7 Å². The van der Waals surface area contributed by atoms with Crippen LogP contribution in [0.4, 0.5) is 0 Å². The zero-order valence-electron chi connectivity index (χ0n) is 12.6. The molecule has 0 spiro atoms. The first-order chi connectivity index (χ1) is 10.1. The van der Waals surface area contributed by atoms with Crippen LogP contribution in [0, 0.1) is 0 Å². The highest BCUT2D eigenvalue weighted by atomic mass is 16.2. The Labute approximate surface area is 126 Å². The minimum Gasteiger partial charge on any atom is -0.338 e. The summed E-state index contributed by atoms with van der Waals surface area (Å²) in [4.78, 5) is 14.2. The Kier molecular flexibility index (Phi) is 5.12. The summed E-state index contributed by atoms with van der Waals surface area (Å²) >= 11 is 0. The molecule has 2 atom stereocenters. The van der Waals surface area contributed by atoms with Gasteiger partial charge in [-0.05, 0) is 24.5 Å². The predicted molar refractivity (Wildman–Crippen MR) is 85.7 cm³/mol. The third-order valence-corrected chi connectivity index (χ3v) is 3.83. The first kappa shape index (κ1) is 15.3. The third-order valence-electron chi connectivity index (χ3n) is 3.83. The Hall–Kier alpha value is -2.13. The third kappa shape index (κ3) is 3.92. The van der Waals surface area contributed by atoms with E-state index in [9.17, 15) is 4.79 Å². The van der Waals surface area contributed by atoms with Gasteiger partial charge in [-0.2, -0.15) is 0 Å². The topological polar surface area (TPSA) is 46.3 Å².